The summed E-state index contributed by atoms with van der Waals surface area (Å²) in [4.78, 5) is 39.3. The van der Waals surface area contributed by atoms with Gasteiger partial charge in [0, 0.05) is 31.6 Å². The second kappa shape index (κ2) is 10.5. The number of piperazine rings is 1. The molecule has 1 unspecified atom stereocenters. The van der Waals surface area contributed by atoms with Gasteiger partial charge in [0.15, 0.2) is 0 Å². The molecule has 1 fully saturated rings. The van der Waals surface area contributed by atoms with Crippen molar-refractivity contribution in [3.8, 4) is 5.75 Å². The highest BCUT2D eigenvalue weighted by molar-refractivity contribution is 6.35. The molecule has 0 bridgehead atoms. The van der Waals surface area contributed by atoms with E-state index in [0.29, 0.717) is 42.9 Å². The summed E-state index contributed by atoms with van der Waals surface area (Å²) in [6.45, 7) is 1.28. The van der Waals surface area contributed by atoms with Crippen LogP contribution in [0, 0.1) is 5.41 Å². The van der Waals surface area contributed by atoms with Crippen LogP contribution in [-0.2, 0) is 20.8 Å². The van der Waals surface area contributed by atoms with Crippen molar-refractivity contribution in [1.82, 2.24) is 9.80 Å². The fraction of sp³-hybridized carbons (Fsp3) is 0.364. The third-order valence-electron chi connectivity index (χ3n) is 5.27. The average molecular weight is 442 g/mol. The van der Waals surface area contributed by atoms with Crippen molar-refractivity contribution in [2.45, 2.75) is 25.3 Å². The summed E-state index contributed by atoms with van der Waals surface area (Å²) >= 11 is 0. The van der Waals surface area contributed by atoms with Gasteiger partial charge < -0.3 is 29.8 Å². The van der Waals surface area contributed by atoms with Gasteiger partial charge in [-0.25, -0.2) is 4.79 Å². The predicted octanol–water partition coefficient (Wildman–Crippen LogP) is 1.09. The molecule has 2 amide bonds. The Hall–Kier alpha value is -3.82. The van der Waals surface area contributed by atoms with Crippen LogP contribution in [0.1, 0.15) is 24.0 Å². The van der Waals surface area contributed by atoms with Gasteiger partial charge >= 0.3 is 17.8 Å². The number of nitrogen functional groups attached to an aromatic ring is 1. The summed E-state index contributed by atoms with van der Waals surface area (Å²) in [5.41, 5.74) is 6.68. The van der Waals surface area contributed by atoms with Gasteiger partial charge in [0.1, 0.15) is 17.6 Å². The van der Waals surface area contributed by atoms with Gasteiger partial charge in [0.25, 0.3) is 0 Å². The summed E-state index contributed by atoms with van der Waals surface area (Å²) in [5.74, 6) is -1.99. The lowest BCUT2D eigenvalue weighted by atomic mass is 10.1. The van der Waals surface area contributed by atoms with E-state index in [-0.39, 0.29) is 25.3 Å². The number of carboxylic acids is 1. The number of unbranched alkanes of at least 4 members (excludes halogenated alkanes) is 1. The Kier molecular flexibility index (Phi) is 7.48. The number of carboxylic acid groups (broad SMARTS) is 1. The van der Waals surface area contributed by atoms with E-state index < -0.39 is 23.8 Å². The van der Waals surface area contributed by atoms with Gasteiger partial charge in [-0.3, -0.25) is 15.0 Å². The number of rotatable bonds is 11. The number of aliphatic carboxylic acids is 1. The molecule has 10 nitrogen and oxygen atoms in total. The summed E-state index contributed by atoms with van der Waals surface area (Å²) in [5, 5.41) is 16.9. The van der Waals surface area contributed by atoms with E-state index in [4.69, 9.17) is 20.3 Å². The third-order valence-corrected chi connectivity index (χ3v) is 5.27. The van der Waals surface area contributed by atoms with Gasteiger partial charge in [-0.2, -0.15) is 0 Å². The largest absolute Gasteiger partial charge is 0.494 e. The highest BCUT2D eigenvalue weighted by Gasteiger charge is 2.39. The van der Waals surface area contributed by atoms with E-state index in [2.05, 4.69) is 0 Å². The fourth-order valence-corrected chi connectivity index (χ4v) is 3.49. The second-order valence-corrected chi connectivity index (χ2v) is 7.47. The number of nitrogens with one attached hydrogen (secondary N) is 1. The first-order chi connectivity index (χ1) is 15.4. The average Bonchev–Trinajstić information content (AvgIpc) is 3.28. The highest BCUT2D eigenvalue weighted by atomic mass is 16.5. The number of hydrogen-bond acceptors (Lipinski definition) is 6. The summed E-state index contributed by atoms with van der Waals surface area (Å²) in [7, 11) is 0. The number of furan rings is 1. The molecule has 0 aliphatic carbocycles. The highest BCUT2D eigenvalue weighted by Crippen LogP contribution is 2.16. The lowest BCUT2D eigenvalue weighted by Gasteiger charge is -2.36. The number of amides is 2. The molecule has 2 heterocycles. The first kappa shape index (κ1) is 22.9. The summed E-state index contributed by atoms with van der Waals surface area (Å²) < 4.78 is 10.6. The Labute approximate surface area is 185 Å². The number of nitrogens with zero attached hydrogens (tertiary/aromatic N) is 2. The SMILES string of the molecule is N=C(N)c1ccc(OCCCCN2CCN(C(Cc3ccoc3)C(=O)O)C(=O)C2=O)cc1. The number of hydrogen-bond donors (Lipinski definition) is 3. The number of nitrogens with two attached hydrogens (primary N) is 1. The maximum Gasteiger partial charge on any atom is 0.326 e. The normalized spacial score (nSPS) is 15.0. The Balaban J connectivity index is 1.44. The molecule has 1 saturated heterocycles. The van der Waals surface area contributed by atoms with Crippen LogP contribution in [0.4, 0.5) is 0 Å². The summed E-state index contributed by atoms with van der Waals surface area (Å²) in [6, 6.07) is 7.41. The molecule has 4 N–H and O–H groups in total. The van der Waals surface area contributed by atoms with Crippen molar-refractivity contribution in [1.29, 1.82) is 5.41 Å². The van der Waals surface area contributed by atoms with Crippen molar-refractivity contribution in [3.63, 3.8) is 0 Å². The molecule has 0 spiro atoms. The van der Waals surface area contributed by atoms with E-state index in [0.717, 1.165) is 4.90 Å². The van der Waals surface area contributed by atoms with Crippen LogP contribution < -0.4 is 10.5 Å². The van der Waals surface area contributed by atoms with Crippen LogP contribution in [0.15, 0.2) is 47.3 Å². The molecule has 1 aliphatic rings. The molecule has 1 aromatic carbocycles. The van der Waals surface area contributed by atoms with Crippen LogP contribution in [0.25, 0.3) is 0 Å². The van der Waals surface area contributed by atoms with Crippen LogP contribution in [0.3, 0.4) is 0 Å². The monoisotopic (exact) mass is 442 g/mol. The van der Waals surface area contributed by atoms with E-state index in [1.54, 1.807) is 30.3 Å². The van der Waals surface area contributed by atoms with Gasteiger partial charge in [-0.05, 0) is 48.7 Å². The van der Waals surface area contributed by atoms with Crippen molar-refractivity contribution >= 4 is 23.6 Å². The minimum absolute atomic E-state index is 0.00739. The van der Waals surface area contributed by atoms with Crippen LogP contribution in [0.2, 0.25) is 0 Å². The Morgan fingerprint density at radius 3 is 2.53 bits per heavy atom. The number of amidine groups is 1. The van der Waals surface area contributed by atoms with Crippen LogP contribution >= 0.6 is 0 Å². The number of benzene rings is 1. The molecule has 1 aliphatic heterocycles. The molecule has 1 atom stereocenters. The maximum absolute atomic E-state index is 12.6. The quantitative estimate of drug-likeness (QED) is 0.204. The van der Waals surface area contributed by atoms with Crippen molar-refractivity contribution < 1.29 is 28.6 Å². The van der Waals surface area contributed by atoms with E-state index >= 15 is 0 Å². The molecule has 0 radical (unpaired) electrons. The zero-order chi connectivity index (χ0) is 23.1. The lowest BCUT2D eigenvalue weighted by Crippen LogP contribution is -2.59. The zero-order valence-corrected chi connectivity index (χ0v) is 17.5. The van der Waals surface area contributed by atoms with Crippen molar-refractivity contribution in [2.24, 2.45) is 5.73 Å². The standard InChI is InChI=1S/C22H26N4O6/c23-19(24)16-3-5-17(6-4-16)32-11-2-1-8-25-9-10-26(21(28)20(25)27)18(22(29)30)13-15-7-12-31-14-15/h3-7,12,14,18H,1-2,8-11,13H2,(H3,23,24)(H,29,30). The molecule has 32 heavy (non-hydrogen) atoms. The number of carbonyl (C=O) groups excluding carboxylic acids is 2. The van der Waals surface area contributed by atoms with Gasteiger partial charge in [-0.15, -0.1) is 0 Å². The van der Waals surface area contributed by atoms with Gasteiger partial charge in [-0.1, -0.05) is 0 Å². The van der Waals surface area contributed by atoms with Crippen LogP contribution in [-0.4, -0.2) is 70.8 Å². The maximum atomic E-state index is 12.6. The van der Waals surface area contributed by atoms with E-state index in [9.17, 15) is 19.5 Å². The zero-order valence-electron chi connectivity index (χ0n) is 17.5. The summed E-state index contributed by atoms with van der Waals surface area (Å²) in [6.07, 6.45) is 4.26. The Bertz CT molecular complexity index is 957. The lowest BCUT2D eigenvalue weighted by molar-refractivity contribution is -0.162. The first-order valence-corrected chi connectivity index (χ1v) is 10.3. The van der Waals surface area contributed by atoms with Crippen molar-refractivity contribution in [2.75, 3.05) is 26.2 Å². The minimum atomic E-state index is -1.16. The topological polar surface area (TPSA) is 150 Å². The molecule has 3 rings (SSSR count). The Morgan fingerprint density at radius 2 is 1.91 bits per heavy atom. The van der Waals surface area contributed by atoms with Crippen LogP contribution in [0.5, 0.6) is 5.75 Å². The number of ether oxygens (including phenoxy) is 1. The smallest absolute Gasteiger partial charge is 0.326 e. The molecule has 0 saturated carbocycles. The van der Waals surface area contributed by atoms with Gasteiger partial charge in [0.2, 0.25) is 0 Å². The minimum Gasteiger partial charge on any atom is -0.494 e. The molecule has 2 aromatic rings. The first-order valence-electron chi connectivity index (χ1n) is 10.3. The molecular weight excluding hydrogens is 416 g/mol. The second-order valence-electron chi connectivity index (χ2n) is 7.47. The van der Waals surface area contributed by atoms with E-state index in [1.807, 2.05) is 0 Å². The van der Waals surface area contributed by atoms with Crippen molar-refractivity contribution in [3.05, 3.63) is 54.0 Å². The molecule has 10 heteroatoms. The third kappa shape index (κ3) is 5.65. The molecule has 170 valence electrons. The molecule has 1 aromatic heterocycles. The predicted molar refractivity (Wildman–Crippen MR) is 114 cm³/mol. The molecular formula is C22H26N4O6. The van der Waals surface area contributed by atoms with Gasteiger partial charge in [0.05, 0.1) is 19.1 Å². The fourth-order valence-electron chi connectivity index (χ4n) is 3.49. The van der Waals surface area contributed by atoms with E-state index in [1.165, 1.54) is 17.4 Å². The Morgan fingerprint density at radius 1 is 1.16 bits per heavy atom. The number of carbonyl (C=O) groups is 3.